The van der Waals surface area contributed by atoms with E-state index in [0.717, 1.165) is 39.6 Å². The molecule has 0 fully saturated rings. The lowest BCUT2D eigenvalue weighted by Crippen LogP contribution is -2.24. The Balaban J connectivity index is 1.63. The van der Waals surface area contributed by atoms with Crippen molar-refractivity contribution in [3.8, 4) is 0 Å². The summed E-state index contributed by atoms with van der Waals surface area (Å²) in [4.78, 5) is 26.4. The lowest BCUT2D eigenvalue weighted by molar-refractivity contribution is -0.141. The highest BCUT2D eigenvalue weighted by Crippen LogP contribution is 2.34. The Morgan fingerprint density at radius 1 is 1.44 bits per heavy atom. The van der Waals surface area contributed by atoms with E-state index < -0.39 is 0 Å². The molecule has 1 aliphatic rings. The molecule has 0 aromatic carbocycles. The minimum absolute atomic E-state index is 0.105. The number of carbonyl (C=O) groups excluding carboxylic acids is 1. The first-order valence-corrected chi connectivity index (χ1v) is 8.72. The SMILES string of the molecule is COC(=O)Cn1cc(C2=CN(c3ncnc4[nH]ccc34)CCS2)cn1. The van der Waals surface area contributed by atoms with Gasteiger partial charge in [0.2, 0.25) is 0 Å². The minimum atomic E-state index is -0.322. The molecule has 1 N–H and O–H groups in total. The van der Waals surface area contributed by atoms with Gasteiger partial charge in [0.05, 0.1) is 18.7 Å². The van der Waals surface area contributed by atoms with Gasteiger partial charge in [-0.3, -0.25) is 9.48 Å². The van der Waals surface area contributed by atoms with Gasteiger partial charge in [-0.25, -0.2) is 9.97 Å². The lowest BCUT2D eigenvalue weighted by atomic mass is 10.3. The van der Waals surface area contributed by atoms with Crippen molar-refractivity contribution in [3.05, 3.63) is 42.7 Å². The van der Waals surface area contributed by atoms with Crippen LogP contribution in [0.2, 0.25) is 0 Å². The Morgan fingerprint density at radius 3 is 3.24 bits per heavy atom. The molecule has 1 aliphatic heterocycles. The molecule has 128 valence electrons. The molecule has 4 heterocycles. The maximum absolute atomic E-state index is 11.4. The molecule has 0 atom stereocenters. The molecule has 8 nitrogen and oxygen atoms in total. The number of hydrogen-bond acceptors (Lipinski definition) is 7. The van der Waals surface area contributed by atoms with Gasteiger partial charge < -0.3 is 14.6 Å². The van der Waals surface area contributed by atoms with Gasteiger partial charge in [0, 0.05) is 41.4 Å². The summed E-state index contributed by atoms with van der Waals surface area (Å²) >= 11 is 1.76. The van der Waals surface area contributed by atoms with Gasteiger partial charge in [-0.1, -0.05) is 0 Å². The zero-order chi connectivity index (χ0) is 17.2. The number of fused-ring (bicyclic) bond motifs is 1. The number of rotatable bonds is 4. The second-order valence-electron chi connectivity index (χ2n) is 5.48. The van der Waals surface area contributed by atoms with Crippen LogP contribution in [0, 0.1) is 0 Å². The molecule has 0 radical (unpaired) electrons. The van der Waals surface area contributed by atoms with Crippen LogP contribution in [0.4, 0.5) is 5.82 Å². The van der Waals surface area contributed by atoms with Crippen molar-refractivity contribution in [1.29, 1.82) is 0 Å². The second kappa shape index (κ2) is 6.60. The van der Waals surface area contributed by atoms with Crippen LogP contribution in [-0.2, 0) is 16.1 Å². The van der Waals surface area contributed by atoms with Gasteiger partial charge in [0.15, 0.2) is 0 Å². The van der Waals surface area contributed by atoms with Gasteiger partial charge in [-0.2, -0.15) is 5.10 Å². The topological polar surface area (TPSA) is 88.9 Å². The van der Waals surface area contributed by atoms with Crippen molar-refractivity contribution in [3.63, 3.8) is 0 Å². The largest absolute Gasteiger partial charge is 0.468 e. The van der Waals surface area contributed by atoms with Crippen molar-refractivity contribution < 1.29 is 9.53 Å². The van der Waals surface area contributed by atoms with Crippen LogP contribution in [0.15, 0.2) is 37.2 Å². The lowest BCUT2D eigenvalue weighted by Gasteiger charge is -2.25. The summed E-state index contributed by atoms with van der Waals surface area (Å²) in [6.07, 6.45) is 9.12. The van der Waals surface area contributed by atoms with Crippen LogP contribution in [0.25, 0.3) is 15.9 Å². The molecule has 0 amide bonds. The minimum Gasteiger partial charge on any atom is -0.468 e. The number of aromatic nitrogens is 5. The van der Waals surface area contributed by atoms with Crippen LogP contribution < -0.4 is 4.90 Å². The monoisotopic (exact) mass is 356 g/mol. The van der Waals surface area contributed by atoms with E-state index in [2.05, 4.69) is 35.9 Å². The van der Waals surface area contributed by atoms with Crippen LogP contribution in [0.5, 0.6) is 0 Å². The van der Waals surface area contributed by atoms with Gasteiger partial charge in [-0.15, -0.1) is 11.8 Å². The first-order valence-electron chi connectivity index (χ1n) is 7.73. The Kier molecular flexibility index (Phi) is 4.14. The zero-order valence-corrected chi connectivity index (χ0v) is 14.4. The first kappa shape index (κ1) is 15.7. The zero-order valence-electron chi connectivity index (χ0n) is 13.5. The predicted molar refractivity (Wildman–Crippen MR) is 95.9 cm³/mol. The number of nitrogens with one attached hydrogen (secondary N) is 1. The van der Waals surface area contributed by atoms with E-state index >= 15 is 0 Å². The highest BCUT2D eigenvalue weighted by atomic mass is 32.2. The van der Waals surface area contributed by atoms with Gasteiger partial charge in [0.25, 0.3) is 0 Å². The molecule has 0 saturated heterocycles. The maximum atomic E-state index is 11.4. The number of hydrogen-bond donors (Lipinski definition) is 1. The molecule has 0 unspecified atom stereocenters. The summed E-state index contributed by atoms with van der Waals surface area (Å²) in [5.41, 5.74) is 1.79. The molecule has 4 rings (SSSR count). The third-order valence-corrected chi connectivity index (χ3v) is 4.94. The summed E-state index contributed by atoms with van der Waals surface area (Å²) in [5.74, 6) is 1.49. The van der Waals surface area contributed by atoms with Crippen LogP contribution in [-0.4, -0.2) is 50.1 Å². The fourth-order valence-electron chi connectivity index (χ4n) is 2.68. The van der Waals surface area contributed by atoms with E-state index in [1.165, 1.54) is 7.11 Å². The van der Waals surface area contributed by atoms with Crippen molar-refractivity contribution >= 4 is 39.5 Å². The standard InChI is InChI=1S/C16H16N6O2S/c1-24-14(23)9-22-7-11(6-20-22)13-8-21(4-5-25-13)16-12-2-3-17-15(12)18-10-19-16/h2-3,6-8,10H,4-5,9H2,1H3,(H,17,18,19). The number of thioether (sulfide) groups is 1. The van der Waals surface area contributed by atoms with Gasteiger partial charge >= 0.3 is 5.97 Å². The fourth-order valence-corrected chi connectivity index (χ4v) is 3.67. The molecule has 3 aromatic heterocycles. The Hall–Kier alpha value is -2.81. The maximum Gasteiger partial charge on any atom is 0.327 e. The number of carbonyl (C=O) groups is 1. The number of H-pyrrole nitrogens is 1. The normalized spacial score (nSPS) is 14.6. The molecule has 3 aromatic rings. The average Bonchev–Trinajstić information content (AvgIpc) is 3.30. The highest BCUT2D eigenvalue weighted by molar-refractivity contribution is 8.08. The van der Waals surface area contributed by atoms with Gasteiger partial charge in [0.1, 0.15) is 24.3 Å². The third-order valence-electron chi connectivity index (χ3n) is 3.90. The van der Waals surface area contributed by atoms with E-state index in [-0.39, 0.29) is 12.5 Å². The van der Waals surface area contributed by atoms with Crippen LogP contribution in [0.3, 0.4) is 0 Å². The summed E-state index contributed by atoms with van der Waals surface area (Å²) in [7, 11) is 1.37. The summed E-state index contributed by atoms with van der Waals surface area (Å²) < 4.78 is 6.25. The summed E-state index contributed by atoms with van der Waals surface area (Å²) in [6, 6.07) is 1.98. The highest BCUT2D eigenvalue weighted by Gasteiger charge is 2.18. The number of anilines is 1. The molecule has 0 saturated carbocycles. The molecule has 9 heteroatoms. The Morgan fingerprint density at radius 2 is 2.36 bits per heavy atom. The smallest absolute Gasteiger partial charge is 0.327 e. The van der Waals surface area contributed by atoms with Gasteiger partial charge in [-0.05, 0) is 6.07 Å². The molecule has 25 heavy (non-hydrogen) atoms. The average molecular weight is 356 g/mol. The number of ether oxygens (including phenoxy) is 1. The van der Waals surface area contributed by atoms with E-state index in [1.54, 1.807) is 29.0 Å². The number of methoxy groups -OCH3 is 1. The van der Waals surface area contributed by atoms with Crippen molar-refractivity contribution in [1.82, 2.24) is 24.7 Å². The van der Waals surface area contributed by atoms with Crippen LogP contribution >= 0.6 is 11.8 Å². The molecular formula is C16H16N6O2S. The molecule has 0 aliphatic carbocycles. The second-order valence-corrected chi connectivity index (χ2v) is 6.61. The van der Waals surface area contributed by atoms with Crippen molar-refractivity contribution in [2.45, 2.75) is 6.54 Å². The fraction of sp³-hybridized carbons (Fsp3) is 0.250. The summed E-state index contributed by atoms with van der Waals surface area (Å²) in [6.45, 7) is 0.968. The molecule has 0 spiro atoms. The van der Waals surface area contributed by atoms with Crippen molar-refractivity contribution in [2.24, 2.45) is 0 Å². The van der Waals surface area contributed by atoms with Crippen LogP contribution in [0.1, 0.15) is 5.56 Å². The quantitative estimate of drug-likeness (QED) is 0.714. The number of nitrogens with zero attached hydrogens (tertiary/aromatic N) is 5. The van der Waals surface area contributed by atoms with Crippen molar-refractivity contribution in [2.75, 3.05) is 24.3 Å². The molecular weight excluding hydrogens is 340 g/mol. The third kappa shape index (κ3) is 3.10. The van der Waals surface area contributed by atoms with E-state index in [9.17, 15) is 4.79 Å². The Bertz CT molecular complexity index is 947. The van der Waals surface area contributed by atoms with E-state index in [0.29, 0.717) is 0 Å². The number of aromatic amines is 1. The first-order chi connectivity index (χ1) is 12.2. The van der Waals surface area contributed by atoms with E-state index in [1.807, 2.05) is 18.5 Å². The number of esters is 1. The Labute approximate surface area is 147 Å². The molecule has 0 bridgehead atoms. The summed E-state index contributed by atoms with van der Waals surface area (Å²) in [5, 5.41) is 5.22. The predicted octanol–water partition coefficient (Wildman–Crippen LogP) is 1.88. The van der Waals surface area contributed by atoms with E-state index in [4.69, 9.17) is 0 Å².